The molecule has 0 radical (unpaired) electrons. The molecule has 0 saturated carbocycles. The summed E-state index contributed by atoms with van der Waals surface area (Å²) >= 11 is 6.84. The highest BCUT2D eigenvalue weighted by atomic mass is 32.1. The number of thiazole rings is 2. The first-order valence-electron chi connectivity index (χ1n) is 6.06. The summed E-state index contributed by atoms with van der Waals surface area (Å²) < 4.78 is 0. The summed E-state index contributed by atoms with van der Waals surface area (Å²) in [4.78, 5) is 11.6. The summed E-state index contributed by atoms with van der Waals surface area (Å²) in [6.07, 6.45) is 0. The summed E-state index contributed by atoms with van der Waals surface area (Å²) in [7, 11) is 0. The number of hydrogen-bond acceptors (Lipinski definition) is 6. The molecule has 4 aromatic rings. The van der Waals surface area contributed by atoms with Crippen molar-refractivity contribution < 1.29 is 0 Å². The van der Waals surface area contributed by atoms with Gasteiger partial charge in [-0.05, 0) is 35.7 Å². The maximum absolute atomic E-state index is 4.76. The third-order valence-corrected chi connectivity index (χ3v) is 6.96. The predicted molar refractivity (Wildman–Crippen MR) is 91.4 cm³/mol. The number of fused-ring (bicyclic) bond motifs is 1. The Labute approximate surface area is 132 Å². The van der Waals surface area contributed by atoms with E-state index in [0.717, 1.165) is 19.7 Å². The normalized spacial score (nSPS) is 11.5. The quantitative estimate of drug-likeness (QED) is 0.461. The summed E-state index contributed by atoms with van der Waals surface area (Å²) in [5.74, 6) is 0. The van der Waals surface area contributed by atoms with Gasteiger partial charge in [0.1, 0.15) is 10.0 Å². The Hall–Kier alpha value is -1.08. The Bertz CT molecular complexity index is 792. The number of thiophene rings is 2. The maximum atomic E-state index is 4.76. The average Bonchev–Trinajstić information content (AvgIpc) is 3.10. The van der Waals surface area contributed by atoms with Gasteiger partial charge in [0, 0.05) is 21.9 Å². The van der Waals surface area contributed by atoms with Crippen molar-refractivity contribution >= 4 is 55.0 Å². The standard InChI is InChI=1S/C14H10N2S4/c1-7-3-17-5-9(7)11-15-13-14(19-11)16-12(20-13)10-6-18-4-8(10)2/h3-6H,1-2H3. The van der Waals surface area contributed by atoms with Crippen LogP contribution in [0.2, 0.25) is 0 Å². The molecule has 0 aliphatic rings. The van der Waals surface area contributed by atoms with Gasteiger partial charge in [0.15, 0.2) is 9.66 Å². The summed E-state index contributed by atoms with van der Waals surface area (Å²) in [5, 5.41) is 10.8. The molecule has 6 heteroatoms. The van der Waals surface area contributed by atoms with Crippen molar-refractivity contribution in [2.75, 3.05) is 0 Å². The van der Waals surface area contributed by atoms with Crippen molar-refractivity contribution in [1.29, 1.82) is 0 Å². The van der Waals surface area contributed by atoms with Gasteiger partial charge in [0.25, 0.3) is 0 Å². The molecule has 20 heavy (non-hydrogen) atoms. The molecular formula is C14H10N2S4. The number of aromatic nitrogens is 2. The van der Waals surface area contributed by atoms with Crippen LogP contribution in [-0.4, -0.2) is 9.97 Å². The molecule has 0 bridgehead atoms. The van der Waals surface area contributed by atoms with E-state index in [9.17, 15) is 0 Å². The second-order valence-corrected chi connectivity index (χ2v) is 8.03. The van der Waals surface area contributed by atoms with Crippen molar-refractivity contribution in [3.8, 4) is 21.1 Å². The first kappa shape index (κ1) is 12.6. The van der Waals surface area contributed by atoms with Gasteiger partial charge in [-0.1, -0.05) is 22.7 Å². The largest absolute Gasteiger partial charge is 0.223 e. The Morgan fingerprint density at radius 2 is 1.15 bits per heavy atom. The van der Waals surface area contributed by atoms with Gasteiger partial charge < -0.3 is 0 Å². The molecule has 4 rings (SSSR count). The van der Waals surface area contributed by atoms with Crippen LogP contribution in [-0.2, 0) is 0 Å². The lowest BCUT2D eigenvalue weighted by atomic mass is 10.2. The van der Waals surface area contributed by atoms with Crippen LogP contribution in [0, 0.1) is 13.8 Å². The molecule has 100 valence electrons. The van der Waals surface area contributed by atoms with E-state index in [0.29, 0.717) is 0 Å². The lowest BCUT2D eigenvalue weighted by Gasteiger charge is -1.93. The Morgan fingerprint density at radius 1 is 0.700 bits per heavy atom. The second-order valence-electron chi connectivity index (χ2n) is 4.59. The lowest BCUT2D eigenvalue weighted by Crippen LogP contribution is -1.75. The molecule has 4 aromatic heterocycles. The van der Waals surface area contributed by atoms with Crippen molar-refractivity contribution in [3.05, 3.63) is 32.6 Å². The number of nitrogens with zero attached hydrogens (tertiary/aromatic N) is 2. The summed E-state index contributed by atoms with van der Waals surface area (Å²) in [5.41, 5.74) is 5.09. The third-order valence-electron chi connectivity index (χ3n) is 3.15. The topological polar surface area (TPSA) is 25.8 Å². The van der Waals surface area contributed by atoms with Crippen LogP contribution in [0.25, 0.3) is 30.8 Å². The Morgan fingerprint density at radius 3 is 1.50 bits per heavy atom. The molecule has 0 aromatic carbocycles. The van der Waals surface area contributed by atoms with Gasteiger partial charge in [-0.15, -0.1) is 0 Å². The average molecular weight is 335 g/mol. The molecular weight excluding hydrogens is 324 g/mol. The monoisotopic (exact) mass is 334 g/mol. The van der Waals surface area contributed by atoms with Crippen LogP contribution < -0.4 is 0 Å². The van der Waals surface area contributed by atoms with E-state index in [4.69, 9.17) is 9.97 Å². The highest BCUT2D eigenvalue weighted by Crippen LogP contribution is 2.39. The fourth-order valence-corrected chi connectivity index (χ4v) is 6.05. The van der Waals surface area contributed by atoms with Gasteiger partial charge in [-0.2, -0.15) is 22.7 Å². The smallest absolute Gasteiger partial charge is 0.155 e. The molecule has 0 amide bonds. The molecule has 0 aliphatic heterocycles. The predicted octanol–water partition coefficient (Wildman–Crippen LogP) is 5.83. The molecule has 0 aliphatic carbocycles. The van der Waals surface area contributed by atoms with E-state index < -0.39 is 0 Å². The van der Waals surface area contributed by atoms with Crippen LogP contribution in [0.1, 0.15) is 11.1 Å². The number of hydrogen-bond donors (Lipinski definition) is 0. The molecule has 4 heterocycles. The molecule has 0 atom stereocenters. The second kappa shape index (κ2) is 4.73. The van der Waals surface area contributed by atoms with Gasteiger partial charge in [-0.25, -0.2) is 9.97 Å². The zero-order chi connectivity index (χ0) is 13.7. The van der Waals surface area contributed by atoms with Crippen LogP contribution in [0.4, 0.5) is 0 Å². The molecule has 2 nitrogen and oxygen atoms in total. The van der Waals surface area contributed by atoms with E-state index in [-0.39, 0.29) is 0 Å². The zero-order valence-electron chi connectivity index (χ0n) is 10.8. The lowest BCUT2D eigenvalue weighted by molar-refractivity contribution is 1.46. The van der Waals surface area contributed by atoms with Crippen molar-refractivity contribution in [2.24, 2.45) is 0 Å². The van der Waals surface area contributed by atoms with Gasteiger partial charge in [-0.3, -0.25) is 0 Å². The molecule has 0 spiro atoms. The van der Waals surface area contributed by atoms with Gasteiger partial charge in [0.05, 0.1) is 0 Å². The third kappa shape index (κ3) is 1.95. The minimum atomic E-state index is 1.05. The van der Waals surface area contributed by atoms with E-state index in [2.05, 4.69) is 35.4 Å². The first-order chi connectivity index (χ1) is 9.72. The van der Waals surface area contributed by atoms with Crippen molar-refractivity contribution in [3.63, 3.8) is 0 Å². The van der Waals surface area contributed by atoms with Gasteiger partial charge in [0.2, 0.25) is 0 Å². The van der Waals surface area contributed by atoms with Crippen molar-refractivity contribution in [2.45, 2.75) is 13.8 Å². The number of rotatable bonds is 2. The van der Waals surface area contributed by atoms with E-state index in [1.807, 2.05) is 0 Å². The van der Waals surface area contributed by atoms with Crippen LogP contribution >= 0.6 is 45.3 Å². The van der Waals surface area contributed by atoms with Crippen molar-refractivity contribution in [1.82, 2.24) is 9.97 Å². The van der Waals surface area contributed by atoms with Crippen LogP contribution in [0.5, 0.6) is 0 Å². The Kier molecular flexibility index (Phi) is 2.99. The molecule has 0 fully saturated rings. The van der Waals surface area contributed by atoms with E-state index >= 15 is 0 Å². The molecule has 0 N–H and O–H groups in total. The fraction of sp³-hybridized carbons (Fsp3) is 0.143. The molecule has 0 unspecified atom stereocenters. The first-order valence-corrected chi connectivity index (χ1v) is 9.58. The maximum Gasteiger partial charge on any atom is 0.155 e. The van der Waals surface area contributed by atoms with Crippen LogP contribution in [0.3, 0.4) is 0 Å². The highest BCUT2D eigenvalue weighted by Gasteiger charge is 2.15. The van der Waals surface area contributed by atoms with E-state index in [1.165, 1.54) is 22.3 Å². The van der Waals surface area contributed by atoms with E-state index in [1.54, 1.807) is 45.3 Å². The SMILES string of the molecule is Cc1cscc1-c1nc2sc(-c3cscc3C)nc2s1. The Balaban J connectivity index is 1.82. The highest BCUT2D eigenvalue weighted by molar-refractivity contribution is 7.29. The minimum absolute atomic E-state index is 1.05. The van der Waals surface area contributed by atoms with Gasteiger partial charge >= 0.3 is 0 Å². The zero-order valence-corrected chi connectivity index (χ0v) is 14.1. The summed E-state index contributed by atoms with van der Waals surface area (Å²) in [6, 6.07) is 0. The van der Waals surface area contributed by atoms with Crippen LogP contribution in [0.15, 0.2) is 21.5 Å². The minimum Gasteiger partial charge on any atom is -0.223 e. The summed E-state index contributed by atoms with van der Waals surface area (Å²) in [6.45, 7) is 4.27. The number of aryl methyl sites for hydroxylation is 2. The fourth-order valence-electron chi connectivity index (χ4n) is 2.03. The molecule has 0 saturated heterocycles.